The van der Waals surface area contributed by atoms with Crippen molar-refractivity contribution in [2.75, 3.05) is 12.3 Å². The van der Waals surface area contributed by atoms with Gasteiger partial charge in [-0.3, -0.25) is 0 Å². The van der Waals surface area contributed by atoms with Gasteiger partial charge in [0.25, 0.3) is 0 Å². The molecule has 0 aliphatic heterocycles. The van der Waals surface area contributed by atoms with Crippen molar-refractivity contribution in [2.24, 2.45) is 0 Å². The van der Waals surface area contributed by atoms with Gasteiger partial charge in [-0.2, -0.15) is 15.6 Å². The zero-order valence-electron chi connectivity index (χ0n) is 14.4. The summed E-state index contributed by atoms with van der Waals surface area (Å²) in [6.45, 7) is -0.0961. The molecule has 7 nitrogen and oxygen atoms in total. The molecule has 3 aromatic rings. The quantitative estimate of drug-likeness (QED) is 0.609. The lowest BCUT2D eigenvalue weighted by Gasteiger charge is -2.02. The Kier molecular flexibility index (Phi) is 5.72. The first-order valence-electron chi connectivity index (χ1n) is 8.03. The summed E-state index contributed by atoms with van der Waals surface area (Å²) in [4.78, 5) is 0. The normalized spacial score (nSPS) is 11.2. The third kappa shape index (κ3) is 3.60. The third-order valence-corrected chi connectivity index (χ3v) is 4.74. The van der Waals surface area contributed by atoms with E-state index in [0.29, 0.717) is 27.1 Å². The number of nitrogens with zero attached hydrogens (tertiary/aromatic N) is 4. The van der Waals surface area contributed by atoms with Gasteiger partial charge in [0.15, 0.2) is 0 Å². The van der Waals surface area contributed by atoms with Crippen LogP contribution in [0.4, 0.5) is 5.82 Å². The summed E-state index contributed by atoms with van der Waals surface area (Å²) < 4.78 is 7.03. The predicted octanol–water partition coefficient (Wildman–Crippen LogP) is 3.96. The number of rotatable bonds is 5. The van der Waals surface area contributed by atoms with Gasteiger partial charge >= 0.3 is 0 Å². The van der Waals surface area contributed by atoms with E-state index in [1.165, 1.54) is 10.8 Å². The zero-order chi connectivity index (χ0) is 20.3. The van der Waals surface area contributed by atoms with Crippen molar-refractivity contribution in [3.8, 4) is 23.5 Å². The molecule has 9 heteroatoms. The van der Waals surface area contributed by atoms with Crippen molar-refractivity contribution >= 4 is 40.7 Å². The average molecular weight is 414 g/mol. The second-order valence-corrected chi connectivity index (χ2v) is 6.43. The maximum Gasteiger partial charge on any atom is 0.140 e. The number of nitrogens with two attached hydrogens (primary N) is 1. The van der Waals surface area contributed by atoms with Gasteiger partial charge in [0.05, 0.1) is 28.8 Å². The lowest BCUT2D eigenvalue weighted by atomic mass is 10.1. The van der Waals surface area contributed by atoms with Crippen LogP contribution < -0.4 is 5.73 Å². The topological polar surface area (TPSA) is 125 Å². The molecule has 3 rings (SSSR count). The largest absolute Gasteiger partial charge is 0.457 e. The van der Waals surface area contributed by atoms with Gasteiger partial charge < -0.3 is 15.3 Å². The number of nitriles is 2. The first-order valence-corrected chi connectivity index (χ1v) is 8.79. The zero-order valence-corrected chi connectivity index (χ0v) is 15.9. The molecule has 0 unspecified atom stereocenters. The number of aromatic nitrogens is 2. The first-order chi connectivity index (χ1) is 13.5. The van der Waals surface area contributed by atoms with Crippen LogP contribution >= 0.6 is 23.2 Å². The van der Waals surface area contributed by atoms with Crippen LogP contribution in [-0.2, 0) is 6.54 Å². The molecule has 28 heavy (non-hydrogen) atoms. The number of aliphatic hydroxyl groups excluding tert-OH is 1. The van der Waals surface area contributed by atoms with Gasteiger partial charge in [-0.1, -0.05) is 29.3 Å². The van der Waals surface area contributed by atoms with Crippen molar-refractivity contribution < 1.29 is 9.52 Å². The van der Waals surface area contributed by atoms with E-state index in [4.69, 9.17) is 38.5 Å². The molecule has 1 aromatic carbocycles. The fourth-order valence-corrected chi connectivity index (χ4v) is 3.00. The molecule has 0 radical (unpaired) electrons. The van der Waals surface area contributed by atoms with Gasteiger partial charge in [-0.15, -0.1) is 0 Å². The van der Waals surface area contributed by atoms with Crippen molar-refractivity contribution in [2.45, 2.75) is 6.54 Å². The second-order valence-electron chi connectivity index (χ2n) is 5.64. The van der Waals surface area contributed by atoms with Gasteiger partial charge in [0, 0.05) is 11.6 Å². The fraction of sp³-hybridized carbons (Fsp3) is 0.105. The van der Waals surface area contributed by atoms with Gasteiger partial charge in [-0.05, 0) is 24.3 Å². The Hall–Kier alpha value is -3.23. The lowest BCUT2D eigenvalue weighted by Crippen LogP contribution is -2.07. The molecule has 0 spiro atoms. The Morgan fingerprint density at radius 1 is 1.29 bits per heavy atom. The molecule has 0 fully saturated rings. The lowest BCUT2D eigenvalue weighted by molar-refractivity contribution is 0.270. The van der Waals surface area contributed by atoms with E-state index in [2.05, 4.69) is 5.10 Å². The third-order valence-electron chi connectivity index (χ3n) is 3.92. The highest BCUT2D eigenvalue weighted by Crippen LogP contribution is 2.35. The number of allylic oxidation sites excluding steroid dienone is 1. The van der Waals surface area contributed by atoms with E-state index < -0.39 is 0 Å². The van der Waals surface area contributed by atoms with E-state index in [9.17, 15) is 10.5 Å². The minimum atomic E-state index is -0.205. The molecule has 0 aliphatic rings. The second kappa shape index (κ2) is 8.20. The summed E-state index contributed by atoms with van der Waals surface area (Å²) in [5.41, 5.74) is 6.77. The van der Waals surface area contributed by atoms with Crippen LogP contribution in [-0.4, -0.2) is 21.5 Å². The molecule has 140 valence electrons. The SMILES string of the molecule is N#C/C(=C\c1ccc(-c2cccc(Cl)c2Cl)o1)c1nn(CCO)c(N)c1C#N. The Balaban J connectivity index is 2.03. The maximum absolute atomic E-state index is 9.55. The smallest absolute Gasteiger partial charge is 0.140 e. The summed E-state index contributed by atoms with van der Waals surface area (Å²) in [6, 6.07) is 12.5. The number of hydrogen-bond donors (Lipinski definition) is 2. The Labute approximate surface area is 170 Å². The molecule has 0 amide bonds. The average Bonchev–Trinajstić information content (AvgIpc) is 3.27. The first kappa shape index (κ1) is 19.5. The van der Waals surface area contributed by atoms with E-state index in [1.54, 1.807) is 30.3 Å². The Morgan fingerprint density at radius 3 is 2.75 bits per heavy atom. The summed E-state index contributed by atoms with van der Waals surface area (Å²) in [5, 5.41) is 32.9. The predicted molar refractivity (Wildman–Crippen MR) is 106 cm³/mol. The summed E-state index contributed by atoms with van der Waals surface area (Å²) >= 11 is 12.2. The molecular formula is C19H13Cl2N5O2. The highest BCUT2D eigenvalue weighted by Gasteiger charge is 2.19. The van der Waals surface area contributed by atoms with Crippen LogP contribution in [0.3, 0.4) is 0 Å². The molecule has 0 saturated heterocycles. The fourth-order valence-electron chi connectivity index (χ4n) is 2.60. The van der Waals surface area contributed by atoms with Gasteiger partial charge in [0.2, 0.25) is 0 Å². The van der Waals surface area contributed by atoms with E-state index in [-0.39, 0.29) is 35.8 Å². The van der Waals surface area contributed by atoms with Crippen LogP contribution in [0, 0.1) is 22.7 Å². The molecular weight excluding hydrogens is 401 g/mol. The van der Waals surface area contributed by atoms with Crippen LogP contribution in [0.15, 0.2) is 34.7 Å². The summed E-state index contributed by atoms with van der Waals surface area (Å²) in [5.74, 6) is 0.919. The standard InChI is InChI=1S/C19H13Cl2N5O2/c20-15-3-1-2-13(17(15)21)16-5-4-12(28-16)8-11(9-22)18-14(10-23)19(24)26(25-18)6-7-27/h1-5,8,27H,6-7,24H2/b11-8+. The number of furan rings is 1. The number of benzene rings is 1. The van der Waals surface area contributed by atoms with Gasteiger partial charge in [-0.25, -0.2) is 4.68 Å². The Morgan fingerprint density at radius 2 is 2.07 bits per heavy atom. The van der Waals surface area contributed by atoms with Crippen LogP contribution in [0.5, 0.6) is 0 Å². The van der Waals surface area contributed by atoms with E-state index >= 15 is 0 Å². The van der Waals surface area contributed by atoms with Gasteiger partial charge in [0.1, 0.15) is 40.7 Å². The molecule has 0 atom stereocenters. The van der Waals surface area contributed by atoms with Crippen molar-refractivity contribution in [3.05, 3.63) is 57.4 Å². The minimum absolute atomic E-state index is 0.0610. The number of anilines is 1. The summed E-state index contributed by atoms with van der Waals surface area (Å²) in [6.07, 6.45) is 1.45. The number of aliphatic hydroxyl groups is 1. The highest BCUT2D eigenvalue weighted by atomic mass is 35.5. The van der Waals surface area contributed by atoms with Crippen molar-refractivity contribution in [3.63, 3.8) is 0 Å². The molecule has 0 bridgehead atoms. The summed E-state index contributed by atoms with van der Waals surface area (Å²) in [7, 11) is 0. The van der Waals surface area contributed by atoms with Crippen LogP contribution in [0.25, 0.3) is 23.0 Å². The monoisotopic (exact) mass is 413 g/mol. The molecule has 2 heterocycles. The van der Waals surface area contributed by atoms with Crippen molar-refractivity contribution in [1.29, 1.82) is 10.5 Å². The van der Waals surface area contributed by atoms with Crippen LogP contribution in [0.2, 0.25) is 10.0 Å². The molecule has 0 saturated carbocycles. The molecule has 2 aromatic heterocycles. The molecule has 3 N–H and O–H groups in total. The van der Waals surface area contributed by atoms with Crippen molar-refractivity contribution in [1.82, 2.24) is 9.78 Å². The Bertz CT molecular complexity index is 1150. The number of hydrogen-bond acceptors (Lipinski definition) is 6. The molecule has 0 aliphatic carbocycles. The number of halogens is 2. The van der Waals surface area contributed by atoms with E-state index in [0.717, 1.165) is 0 Å². The van der Waals surface area contributed by atoms with E-state index in [1.807, 2.05) is 12.1 Å². The minimum Gasteiger partial charge on any atom is -0.457 e. The number of nitrogen functional groups attached to an aromatic ring is 1. The van der Waals surface area contributed by atoms with Crippen LogP contribution in [0.1, 0.15) is 17.0 Å². The highest BCUT2D eigenvalue weighted by molar-refractivity contribution is 6.43. The maximum atomic E-state index is 9.55.